The minimum Gasteiger partial charge on any atom is -0.329 e. The molecule has 84 valence electrons. The van der Waals surface area contributed by atoms with E-state index >= 15 is 0 Å². The number of benzene rings is 1. The fraction of sp³-hybridized carbons (Fsp3) is 0.333. The van der Waals surface area contributed by atoms with Crippen molar-refractivity contribution in [2.45, 2.75) is 19.5 Å². The summed E-state index contributed by atoms with van der Waals surface area (Å²) >= 11 is 0. The van der Waals surface area contributed by atoms with E-state index in [-0.39, 0.29) is 0 Å². The molecule has 0 aliphatic rings. The molecule has 2 rings (SSSR count). The average Bonchev–Trinajstić information content (AvgIpc) is 2.35. The van der Waals surface area contributed by atoms with E-state index in [1.54, 1.807) is 12.4 Å². The lowest BCUT2D eigenvalue weighted by atomic mass is 10.1. The Balaban J connectivity index is 2.23. The summed E-state index contributed by atoms with van der Waals surface area (Å²) in [4.78, 5) is 8.63. The number of aromatic nitrogens is 2. The second kappa shape index (κ2) is 5.01. The molecule has 0 saturated heterocycles. The average molecular weight is 216 g/mol. The first kappa shape index (κ1) is 11.0. The molecule has 1 atom stereocenters. The number of nitrogens with one attached hydrogen (secondary N) is 1. The van der Waals surface area contributed by atoms with Crippen LogP contribution in [0.4, 0.5) is 0 Å². The summed E-state index contributed by atoms with van der Waals surface area (Å²) in [5.41, 5.74) is 8.61. The number of fused-ring (bicyclic) bond motifs is 1. The molecule has 0 bridgehead atoms. The molecule has 0 fully saturated rings. The number of para-hydroxylation sites is 1. The van der Waals surface area contributed by atoms with Crippen LogP contribution >= 0.6 is 0 Å². The normalized spacial score (nSPS) is 12.9. The molecule has 16 heavy (non-hydrogen) atoms. The Morgan fingerprint density at radius 1 is 1.31 bits per heavy atom. The van der Waals surface area contributed by atoms with Crippen LogP contribution in [0.15, 0.2) is 30.6 Å². The molecule has 2 aromatic rings. The molecule has 0 aliphatic heterocycles. The summed E-state index contributed by atoms with van der Waals surface area (Å²) in [6.45, 7) is 3.47. The lowest BCUT2D eigenvalue weighted by Crippen LogP contribution is -2.32. The van der Waals surface area contributed by atoms with E-state index in [4.69, 9.17) is 5.73 Å². The van der Waals surface area contributed by atoms with Gasteiger partial charge in [-0.2, -0.15) is 0 Å². The van der Waals surface area contributed by atoms with E-state index in [0.717, 1.165) is 23.1 Å². The second-order valence-corrected chi connectivity index (χ2v) is 3.86. The molecule has 0 saturated carbocycles. The minimum atomic E-state index is 0.312. The Kier molecular flexibility index (Phi) is 3.44. The smallest absolute Gasteiger partial charge is 0.0931 e. The number of nitrogens with zero attached hydrogens (tertiary/aromatic N) is 2. The van der Waals surface area contributed by atoms with Crippen molar-refractivity contribution >= 4 is 11.0 Å². The van der Waals surface area contributed by atoms with E-state index in [2.05, 4.69) is 28.3 Å². The molecule has 0 spiro atoms. The molecule has 4 nitrogen and oxygen atoms in total. The SMILES string of the molecule is C[C@H](CN)NCc1cccc2nccnc12. The van der Waals surface area contributed by atoms with E-state index in [1.807, 2.05) is 12.1 Å². The third-order valence-corrected chi connectivity index (χ3v) is 2.58. The first-order valence-electron chi connectivity index (χ1n) is 5.43. The summed E-state index contributed by atoms with van der Waals surface area (Å²) in [6, 6.07) is 6.35. The fourth-order valence-corrected chi connectivity index (χ4v) is 1.56. The van der Waals surface area contributed by atoms with Crippen LogP contribution in [0.3, 0.4) is 0 Å². The van der Waals surface area contributed by atoms with Crippen molar-refractivity contribution in [1.82, 2.24) is 15.3 Å². The Bertz CT molecular complexity index is 464. The van der Waals surface area contributed by atoms with Gasteiger partial charge in [0.15, 0.2) is 0 Å². The van der Waals surface area contributed by atoms with Gasteiger partial charge in [0.2, 0.25) is 0 Å². The van der Waals surface area contributed by atoms with Crippen molar-refractivity contribution in [3.05, 3.63) is 36.2 Å². The lowest BCUT2D eigenvalue weighted by molar-refractivity contribution is 0.557. The van der Waals surface area contributed by atoms with E-state index in [0.29, 0.717) is 12.6 Å². The van der Waals surface area contributed by atoms with Gasteiger partial charge in [-0.25, -0.2) is 0 Å². The van der Waals surface area contributed by atoms with Crippen molar-refractivity contribution < 1.29 is 0 Å². The van der Waals surface area contributed by atoms with Crippen molar-refractivity contribution in [2.75, 3.05) is 6.54 Å². The van der Waals surface area contributed by atoms with Gasteiger partial charge in [0.05, 0.1) is 11.0 Å². The molecule has 0 radical (unpaired) electrons. The molecule has 0 unspecified atom stereocenters. The Morgan fingerprint density at radius 2 is 2.12 bits per heavy atom. The van der Waals surface area contributed by atoms with Gasteiger partial charge in [0.25, 0.3) is 0 Å². The zero-order valence-corrected chi connectivity index (χ0v) is 9.35. The monoisotopic (exact) mass is 216 g/mol. The summed E-state index contributed by atoms with van der Waals surface area (Å²) < 4.78 is 0. The maximum absolute atomic E-state index is 5.56. The summed E-state index contributed by atoms with van der Waals surface area (Å²) in [6.07, 6.45) is 3.43. The number of nitrogens with two attached hydrogens (primary N) is 1. The second-order valence-electron chi connectivity index (χ2n) is 3.86. The van der Waals surface area contributed by atoms with Crippen molar-refractivity contribution in [1.29, 1.82) is 0 Å². The zero-order chi connectivity index (χ0) is 11.4. The molecule has 1 heterocycles. The molecule has 3 N–H and O–H groups in total. The van der Waals surface area contributed by atoms with Crippen LogP contribution < -0.4 is 11.1 Å². The molecule has 4 heteroatoms. The third kappa shape index (κ3) is 2.35. The topological polar surface area (TPSA) is 63.8 Å². The Hall–Kier alpha value is -1.52. The largest absolute Gasteiger partial charge is 0.329 e. The predicted octanol–water partition coefficient (Wildman–Crippen LogP) is 1.07. The maximum atomic E-state index is 5.56. The van der Waals surface area contributed by atoms with Gasteiger partial charge in [-0.15, -0.1) is 0 Å². The van der Waals surface area contributed by atoms with Crippen LogP contribution in [0.25, 0.3) is 11.0 Å². The molecule has 1 aromatic heterocycles. The standard InChI is InChI=1S/C12H16N4/c1-9(7-13)16-8-10-3-2-4-11-12(10)15-6-5-14-11/h2-6,9,16H,7-8,13H2,1H3/t9-/m1/s1. The van der Waals surface area contributed by atoms with Gasteiger partial charge >= 0.3 is 0 Å². The first-order valence-corrected chi connectivity index (χ1v) is 5.43. The Morgan fingerprint density at radius 3 is 2.94 bits per heavy atom. The van der Waals surface area contributed by atoms with Crippen LogP contribution in [-0.4, -0.2) is 22.6 Å². The first-order chi connectivity index (χ1) is 7.81. The van der Waals surface area contributed by atoms with Gasteiger partial charge < -0.3 is 11.1 Å². The van der Waals surface area contributed by atoms with Crippen molar-refractivity contribution in [3.63, 3.8) is 0 Å². The highest BCUT2D eigenvalue weighted by Crippen LogP contribution is 2.13. The Labute approximate surface area is 94.9 Å². The van der Waals surface area contributed by atoms with Gasteiger partial charge in [0.1, 0.15) is 0 Å². The number of hydrogen-bond acceptors (Lipinski definition) is 4. The van der Waals surface area contributed by atoms with Crippen LogP contribution in [0.2, 0.25) is 0 Å². The number of hydrogen-bond donors (Lipinski definition) is 2. The number of rotatable bonds is 4. The quantitative estimate of drug-likeness (QED) is 0.802. The fourth-order valence-electron chi connectivity index (χ4n) is 1.56. The lowest BCUT2D eigenvalue weighted by Gasteiger charge is -2.11. The third-order valence-electron chi connectivity index (χ3n) is 2.58. The van der Waals surface area contributed by atoms with Crippen LogP contribution in [-0.2, 0) is 6.54 Å². The van der Waals surface area contributed by atoms with Crippen molar-refractivity contribution in [2.24, 2.45) is 5.73 Å². The molecular weight excluding hydrogens is 200 g/mol. The summed E-state index contributed by atoms with van der Waals surface area (Å²) in [5, 5.41) is 3.35. The summed E-state index contributed by atoms with van der Waals surface area (Å²) in [7, 11) is 0. The van der Waals surface area contributed by atoms with Gasteiger partial charge in [-0.3, -0.25) is 9.97 Å². The predicted molar refractivity (Wildman–Crippen MR) is 64.9 cm³/mol. The van der Waals surface area contributed by atoms with Gasteiger partial charge in [-0.05, 0) is 18.6 Å². The van der Waals surface area contributed by atoms with E-state index in [9.17, 15) is 0 Å². The van der Waals surface area contributed by atoms with Gasteiger partial charge in [-0.1, -0.05) is 12.1 Å². The van der Waals surface area contributed by atoms with E-state index < -0.39 is 0 Å². The molecule has 0 aliphatic carbocycles. The molecule has 1 aromatic carbocycles. The molecule has 0 amide bonds. The zero-order valence-electron chi connectivity index (χ0n) is 9.35. The van der Waals surface area contributed by atoms with Crippen LogP contribution in [0, 0.1) is 0 Å². The highest BCUT2D eigenvalue weighted by atomic mass is 14.9. The van der Waals surface area contributed by atoms with Gasteiger partial charge in [0, 0.05) is 31.5 Å². The summed E-state index contributed by atoms with van der Waals surface area (Å²) in [5.74, 6) is 0. The van der Waals surface area contributed by atoms with Crippen LogP contribution in [0.1, 0.15) is 12.5 Å². The molecular formula is C12H16N4. The minimum absolute atomic E-state index is 0.312. The van der Waals surface area contributed by atoms with Crippen molar-refractivity contribution in [3.8, 4) is 0 Å². The highest BCUT2D eigenvalue weighted by Gasteiger charge is 2.03. The highest BCUT2D eigenvalue weighted by molar-refractivity contribution is 5.77. The maximum Gasteiger partial charge on any atom is 0.0931 e. The van der Waals surface area contributed by atoms with Crippen LogP contribution in [0.5, 0.6) is 0 Å². The van der Waals surface area contributed by atoms with E-state index in [1.165, 1.54) is 0 Å².